The number of rotatable bonds is 2. The van der Waals surface area contributed by atoms with E-state index in [4.69, 9.17) is 4.74 Å². The third kappa shape index (κ3) is 4.72. The average Bonchev–Trinajstić information content (AvgIpc) is 3.57. The fourth-order valence-corrected chi connectivity index (χ4v) is 6.53. The maximum Gasteiger partial charge on any atom is 0.242 e. The van der Waals surface area contributed by atoms with Gasteiger partial charge in [-0.05, 0) is 68.7 Å². The molecule has 0 bridgehead atoms. The molecule has 1 spiro atoms. The summed E-state index contributed by atoms with van der Waals surface area (Å²) in [5.41, 5.74) is 2.77. The lowest BCUT2D eigenvalue weighted by Gasteiger charge is -2.44. The van der Waals surface area contributed by atoms with Gasteiger partial charge in [-0.2, -0.15) is 0 Å². The molecule has 1 atom stereocenters. The van der Waals surface area contributed by atoms with E-state index in [-0.39, 0.29) is 23.9 Å². The summed E-state index contributed by atoms with van der Waals surface area (Å²) in [6.45, 7) is 2.92. The fourth-order valence-electron chi connectivity index (χ4n) is 6.53. The van der Waals surface area contributed by atoms with Crippen LogP contribution in [0.4, 0.5) is 0 Å². The lowest BCUT2D eigenvalue weighted by molar-refractivity contribution is -0.150. The summed E-state index contributed by atoms with van der Waals surface area (Å²) >= 11 is 0. The minimum atomic E-state index is -0.375. The van der Waals surface area contributed by atoms with Crippen molar-refractivity contribution in [3.8, 4) is 5.75 Å². The first-order chi connectivity index (χ1) is 18.1. The Balaban J connectivity index is 1.16. The van der Waals surface area contributed by atoms with E-state index < -0.39 is 0 Å². The number of para-hydroxylation sites is 3. The van der Waals surface area contributed by atoms with Crippen molar-refractivity contribution in [2.75, 3.05) is 26.2 Å². The minimum absolute atomic E-state index is 0.0997. The Labute approximate surface area is 218 Å². The predicted molar refractivity (Wildman–Crippen MR) is 142 cm³/mol. The van der Waals surface area contributed by atoms with Gasteiger partial charge in [0.25, 0.3) is 0 Å². The number of hydrogen-bond acceptors (Lipinski definition) is 4. The van der Waals surface area contributed by atoms with Gasteiger partial charge in [0.05, 0.1) is 28.8 Å². The van der Waals surface area contributed by atoms with Gasteiger partial charge in [0.1, 0.15) is 18.9 Å². The molecule has 37 heavy (non-hydrogen) atoms. The quantitative estimate of drug-likeness (QED) is 0.522. The van der Waals surface area contributed by atoms with Crippen LogP contribution in [0.3, 0.4) is 0 Å². The van der Waals surface area contributed by atoms with E-state index in [9.17, 15) is 9.59 Å². The molecule has 0 saturated carbocycles. The van der Waals surface area contributed by atoms with Gasteiger partial charge in [0.2, 0.25) is 11.8 Å². The third-order valence-electron chi connectivity index (χ3n) is 8.75. The number of aromatic nitrogens is 2. The van der Waals surface area contributed by atoms with Crippen LogP contribution in [0.1, 0.15) is 50.5 Å². The van der Waals surface area contributed by atoms with Crippen LogP contribution in [0.25, 0.3) is 11.0 Å². The van der Waals surface area contributed by atoms with Gasteiger partial charge in [-0.3, -0.25) is 9.59 Å². The number of piperidine rings is 1. The van der Waals surface area contributed by atoms with Crippen molar-refractivity contribution in [2.24, 2.45) is 5.41 Å². The van der Waals surface area contributed by atoms with Crippen LogP contribution in [-0.4, -0.2) is 63.4 Å². The summed E-state index contributed by atoms with van der Waals surface area (Å²) in [7, 11) is 0. The summed E-state index contributed by atoms with van der Waals surface area (Å²) < 4.78 is 8.20. The Morgan fingerprint density at radius 1 is 0.973 bits per heavy atom. The van der Waals surface area contributed by atoms with Crippen LogP contribution in [0.5, 0.6) is 5.75 Å². The van der Waals surface area contributed by atoms with Gasteiger partial charge in [0.15, 0.2) is 0 Å². The van der Waals surface area contributed by atoms with E-state index in [1.165, 1.54) is 5.56 Å². The third-order valence-corrected chi connectivity index (χ3v) is 8.75. The average molecular weight is 501 g/mol. The molecule has 0 N–H and O–H groups in total. The van der Waals surface area contributed by atoms with E-state index in [0.29, 0.717) is 25.6 Å². The SMILES string of the molecule is O=C(Cn1cnc2ccccc21)N1CCC2(CCCCc3ccccc3OC[C@@H]3CCCN3C2=O)CC1. The second kappa shape index (κ2) is 10.2. The largest absolute Gasteiger partial charge is 0.491 e. The number of aryl methyl sites for hydroxylation is 1. The van der Waals surface area contributed by atoms with E-state index in [1.54, 1.807) is 6.33 Å². The van der Waals surface area contributed by atoms with Crippen molar-refractivity contribution in [3.05, 3.63) is 60.4 Å². The van der Waals surface area contributed by atoms with Crippen LogP contribution >= 0.6 is 0 Å². The molecule has 2 amide bonds. The molecule has 1 aromatic heterocycles. The van der Waals surface area contributed by atoms with Crippen LogP contribution in [-0.2, 0) is 22.6 Å². The summed E-state index contributed by atoms with van der Waals surface area (Å²) in [4.78, 5) is 35.8. The normalized spacial score (nSPS) is 22.2. The highest BCUT2D eigenvalue weighted by molar-refractivity contribution is 5.84. The van der Waals surface area contributed by atoms with Gasteiger partial charge in [-0.25, -0.2) is 4.98 Å². The van der Waals surface area contributed by atoms with Crippen LogP contribution in [0, 0.1) is 5.41 Å². The number of nitrogens with zero attached hydrogens (tertiary/aromatic N) is 4. The van der Waals surface area contributed by atoms with Crippen LogP contribution in [0.15, 0.2) is 54.9 Å². The van der Waals surface area contributed by atoms with Gasteiger partial charge in [-0.15, -0.1) is 0 Å². The van der Waals surface area contributed by atoms with Crippen molar-refractivity contribution in [1.29, 1.82) is 0 Å². The zero-order valence-corrected chi connectivity index (χ0v) is 21.5. The number of likely N-dealkylation sites (tertiary alicyclic amines) is 1. The first-order valence-corrected chi connectivity index (χ1v) is 13.8. The predicted octanol–water partition coefficient (Wildman–Crippen LogP) is 4.44. The summed E-state index contributed by atoms with van der Waals surface area (Å²) in [5, 5.41) is 0. The number of amides is 2. The molecule has 2 aromatic carbocycles. The summed E-state index contributed by atoms with van der Waals surface area (Å²) in [5.74, 6) is 1.36. The number of carbonyl (C=O) groups is 2. The Bertz CT molecular complexity index is 1280. The van der Waals surface area contributed by atoms with E-state index in [2.05, 4.69) is 28.1 Å². The molecule has 0 unspecified atom stereocenters. The molecule has 3 aliphatic heterocycles. The highest BCUT2D eigenvalue weighted by Gasteiger charge is 2.46. The zero-order valence-electron chi connectivity index (χ0n) is 21.5. The molecule has 194 valence electrons. The number of fused-ring (bicyclic) bond motifs is 3. The fraction of sp³-hybridized carbons (Fsp3) is 0.500. The zero-order chi connectivity index (χ0) is 25.2. The second-order valence-corrected chi connectivity index (χ2v) is 10.9. The molecule has 0 aliphatic carbocycles. The first kappa shape index (κ1) is 24.0. The molecule has 7 nitrogen and oxygen atoms in total. The molecule has 4 heterocycles. The number of carbonyl (C=O) groups excluding carboxylic acids is 2. The highest BCUT2D eigenvalue weighted by Crippen LogP contribution is 2.41. The Morgan fingerprint density at radius 2 is 1.78 bits per heavy atom. The topological polar surface area (TPSA) is 67.7 Å². The molecule has 2 fully saturated rings. The van der Waals surface area contributed by atoms with Crippen molar-refractivity contribution in [2.45, 2.75) is 64.0 Å². The molecule has 7 heteroatoms. The lowest BCUT2D eigenvalue weighted by Crippen LogP contribution is -2.53. The Kier molecular flexibility index (Phi) is 6.61. The van der Waals surface area contributed by atoms with Crippen molar-refractivity contribution in [3.63, 3.8) is 0 Å². The van der Waals surface area contributed by atoms with Gasteiger partial charge < -0.3 is 19.1 Å². The van der Waals surface area contributed by atoms with E-state index in [0.717, 1.165) is 74.7 Å². The minimum Gasteiger partial charge on any atom is -0.491 e. The lowest BCUT2D eigenvalue weighted by atomic mass is 9.73. The van der Waals surface area contributed by atoms with E-state index in [1.807, 2.05) is 39.8 Å². The maximum absolute atomic E-state index is 14.1. The molecular formula is C30H36N4O3. The number of ether oxygens (including phenoxy) is 1. The molecule has 6 rings (SSSR count). The number of hydrogen-bond donors (Lipinski definition) is 0. The highest BCUT2D eigenvalue weighted by atomic mass is 16.5. The maximum atomic E-state index is 14.1. The van der Waals surface area contributed by atoms with Crippen LogP contribution < -0.4 is 4.74 Å². The van der Waals surface area contributed by atoms with Crippen molar-refractivity contribution < 1.29 is 14.3 Å². The number of benzene rings is 2. The van der Waals surface area contributed by atoms with Gasteiger partial charge >= 0.3 is 0 Å². The second-order valence-electron chi connectivity index (χ2n) is 10.9. The first-order valence-electron chi connectivity index (χ1n) is 13.8. The number of imidazole rings is 1. The molecule has 0 radical (unpaired) electrons. The smallest absolute Gasteiger partial charge is 0.242 e. The van der Waals surface area contributed by atoms with Crippen molar-refractivity contribution in [1.82, 2.24) is 19.4 Å². The van der Waals surface area contributed by atoms with Gasteiger partial charge in [0, 0.05) is 19.6 Å². The Morgan fingerprint density at radius 3 is 2.68 bits per heavy atom. The van der Waals surface area contributed by atoms with Crippen LogP contribution in [0.2, 0.25) is 0 Å². The monoisotopic (exact) mass is 500 g/mol. The molecule has 3 aromatic rings. The summed E-state index contributed by atoms with van der Waals surface area (Å²) in [6, 6.07) is 16.4. The standard InChI is InChI=1S/C30H36N4O3/c35-28(20-33-22-31-25-11-2-3-12-26(25)33)32-18-15-30(16-19-32)14-6-5-9-23-8-1-4-13-27(23)37-21-24-10-7-17-34(24)29(30)36/h1-4,8,11-13,22,24H,5-7,9-10,14-21H2/t24-/m0/s1. The van der Waals surface area contributed by atoms with Gasteiger partial charge in [-0.1, -0.05) is 36.8 Å². The molecule has 2 saturated heterocycles. The Hall–Kier alpha value is -3.35. The van der Waals surface area contributed by atoms with Crippen molar-refractivity contribution >= 4 is 22.8 Å². The van der Waals surface area contributed by atoms with E-state index >= 15 is 0 Å². The molecular weight excluding hydrogens is 464 g/mol. The summed E-state index contributed by atoms with van der Waals surface area (Å²) in [6.07, 6.45) is 9.16. The molecule has 3 aliphatic rings.